The smallest absolute Gasteiger partial charge is 0.126 e. The molecule has 0 N–H and O–H groups in total. The Morgan fingerprint density at radius 3 is 2.58 bits per heavy atom. The molecule has 5 unspecified atom stereocenters. The van der Waals surface area contributed by atoms with Crippen LogP contribution in [0, 0.1) is 29.5 Å². The van der Waals surface area contributed by atoms with E-state index in [1.165, 1.54) is 62.5 Å². The lowest BCUT2D eigenvalue weighted by Crippen LogP contribution is -2.30. The van der Waals surface area contributed by atoms with E-state index in [0.29, 0.717) is 5.92 Å². The predicted octanol–water partition coefficient (Wildman–Crippen LogP) is 6.66. The molecule has 24 heavy (non-hydrogen) atoms. The summed E-state index contributed by atoms with van der Waals surface area (Å²) in [6, 6.07) is 4.18. The normalized spacial score (nSPS) is 36.0. The Kier molecular flexibility index (Phi) is 4.71. The second-order valence-electron chi connectivity index (χ2n) is 9.11. The highest BCUT2D eigenvalue weighted by atomic mass is 19.1. The Hall–Kier alpha value is -0.850. The van der Waals surface area contributed by atoms with Crippen LogP contribution in [-0.4, -0.2) is 0 Å². The topological polar surface area (TPSA) is 0 Å². The molecule has 1 heteroatoms. The van der Waals surface area contributed by atoms with E-state index in [2.05, 4.69) is 19.9 Å². The standard InChI is InChI=1S/C23H33F/c1-3-16-5-7-19-13-22(23(24)14-21(19)11-16)20-9-8-17-10-15(2)4-6-18(17)12-20/h13-18,20H,3-12H2,1-2H3. The molecule has 2 saturated carbocycles. The highest BCUT2D eigenvalue weighted by Crippen LogP contribution is 2.48. The van der Waals surface area contributed by atoms with Crippen molar-refractivity contribution in [2.45, 2.75) is 84.0 Å². The van der Waals surface area contributed by atoms with Gasteiger partial charge in [0.2, 0.25) is 0 Å². The van der Waals surface area contributed by atoms with Gasteiger partial charge in [-0.05, 0) is 104 Å². The maximum Gasteiger partial charge on any atom is 0.126 e. The van der Waals surface area contributed by atoms with Crippen molar-refractivity contribution in [1.29, 1.82) is 0 Å². The lowest BCUT2D eigenvalue weighted by molar-refractivity contribution is 0.124. The van der Waals surface area contributed by atoms with Crippen LogP contribution in [0.15, 0.2) is 12.1 Å². The third kappa shape index (κ3) is 3.16. The predicted molar refractivity (Wildman–Crippen MR) is 98.8 cm³/mol. The molecular weight excluding hydrogens is 295 g/mol. The van der Waals surface area contributed by atoms with Crippen molar-refractivity contribution in [2.24, 2.45) is 23.7 Å². The Balaban J connectivity index is 1.53. The van der Waals surface area contributed by atoms with Crippen LogP contribution in [0.2, 0.25) is 0 Å². The van der Waals surface area contributed by atoms with Crippen molar-refractivity contribution in [3.63, 3.8) is 0 Å². The van der Waals surface area contributed by atoms with Gasteiger partial charge in [-0.15, -0.1) is 0 Å². The van der Waals surface area contributed by atoms with Crippen LogP contribution in [0.3, 0.4) is 0 Å². The van der Waals surface area contributed by atoms with Crippen LogP contribution in [-0.2, 0) is 12.8 Å². The van der Waals surface area contributed by atoms with E-state index in [1.54, 1.807) is 0 Å². The summed E-state index contributed by atoms with van der Waals surface area (Å²) < 4.78 is 14.9. The zero-order valence-electron chi connectivity index (χ0n) is 15.5. The Bertz CT molecular complexity index is 590. The largest absolute Gasteiger partial charge is 0.207 e. The first-order valence-electron chi connectivity index (χ1n) is 10.4. The Morgan fingerprint density at radius 1 is 0.958 bits per heavy atom. The maximum absolute atomic E-state index is 14.9. The van der Waals surface area contributed by atoms with Gasteiger partial charge in [0.25, 0.3) is 0 Å². The van der Waals surface area contributed by atoms with Crippen LogP contribution >= 0.6 is 0 Å². The quantitative estimate of drug-likeness (QED) is 0.569. The van der Waals surface area contributed by atoms with Gasteiger partial charge in [-0.25, -0.2) is 4.39 Å². The summed E-state index contributed by atoms with van der Waals surface area (Å²) in [5.74, 6) is 4.04. The molecular formula is C23H33F. The third-order valence-electron chi connectivity index (χ3n) is 7.54. The second-order valence-corrected chi connectivity index (χ2v) is 9.11. The lowest BCUT2D eigenvalue weighted by Gasteiger charge is -2.42. The molecule has 0 amide bonds. The molecule has 132 valence electrons. The van der Waals surface area contributed by atoms with Gasteiger partial charge < -0.3 is 0 Å². The number of halogens is 1. The van der Waals surface area contributed by atoms with Gasteiger partial charge in [0.1, 0.15) is 5.82 Å². The van der Waals surface area contributed by atoms with Gasteiger partial charge in [0.15, 0.2) is 0 Å². The molecule has 1 aromatic carbocycles. The van der Waals surface area contributed by atoms with Gasteiger partial charge in [0, 0.05) is 0 Å². The molecule has 0 aromatic heterocycles. The fourth-order valence-electron chi connectivity index (χ4n) is 5.94. The Morgan fingerprint density at radius 2 is 1.75 bits per heavy atom. The van der Waals surface area contributed by atoms with E-state index in [4.69, 9.17) is 0 Å². The first kappa shape index (κ1) is 16.6. The number of hydrogen-bond acceptors (Lipinski definition) is 0. The molecule has 5 atom stereocenters. The molecule has 0 bridgehead atoms. The first-order chi connectivity index (χ1) is 11.6. The molecule has 0 aliphatic heterocycles. The van der Waals surface area contributed by atoms with E-state index in [-0.39, 0.29) is 5.82 Å². The van der Waals surface area contributed by atoms with Gasteiger partial charge in [0.05, 0.1) is 0 Å². The average molecular weight is 329 g/mol. The average Bonchev–Trinajstić information content (AvgIpc) is 2.60. The zero-order chi connectivity index (χ0) is 16.7. The summed E-state index contributed by atoms with van der Waals surface area (Å²) >= 11 is 0. The van der Waals surface area contributed by atoms with E-state index in [1.807, 2.05) is 6.07 Å². The van der Waals surface area contributed by atoms with E-state index in [9.17, 15) is 4.39 Å². The van der Waals surface area contributed by atoms with Crippen LogP contribution < -0.4 is 0 Å². The summed E-state index contributed by atoms with van der Waals surface area (Å²) in [6.07, 6.45) is 12.7. The molecule has 0 heterocycles. The number of fused-ring (bicyclic) bond motifs is 2. The fourth-order valence-corrected chi connectivity index (χ4v) is 5.94. The summed E-state index contributed by atoms with van der Waals surface area (Å²) in [5.41, 5.74) is 3.81. The van der Waals surface area contributed by atoms with Crippen molar-refractivity contribution in [3.05, 3.63) is 34.6 Å². The molecule has 0 saturated heterocycles. The van der Waals surface area contributed by atoms with Crippen LogP contribution in [0.4, 0.5) is 4.39 Å². The SMILES string of the molecule is CCC1CCc2cc(C3CCC4CC(C)CCC4C3)c(F)cc2C1. The van der Waals surface area contributed by atoms with Crippen LogP contribution in [0.5, 0.6) is 0 Å². The fraction of sp³-hybridized carbons (Fsp3) is 0.739. The van der Waals surface area contributed by atoms with Crippen LogP contribution in [0.25, 0.3) is 0 Å². The molecule has 0 radical (unpaired) electrons. The highest BCUT2D eigenvalue weighted by molar-refractivity contribution is 5.37. The highest BCUT2D eigenvalue weighted by Gasteiger charge is 2.36. The summed E-state index contributed by atoms with van der Waals surface area (Å²) in [5, 5.41) is 0. The van der Waals surface area contributed by atoms with Crippen LogP contribution in [0.1, 0.15) is 87.8 Å². The first-order valence-corrected chi connectivity index (χ1v) is 10.4. The maximum atomic E-state index is 14.9. The number of hydrogen-bond donors (Lipinski definition) is 0. The van der Waals surface area contributed by atoms with Crippen molar-refractivity contribution >= 4 is 0 Å². The molecule has 3 aliphatic carbocycles. The second kappa shape index (κ2) is 6.81. The third-order valence-corrected chi connectivity index (χ3v) is 7.54. The van der Waals surface area contributed by atoms with Gasteiger partial charge >= 0.3 is 0 Å². The minimum atomic E-state index is 0.0955. The van der Waals surface area contributed by atoms with Crippen molar-refractivity contribution in [3.8, 4) is 0 Å². The van der Waals surface area contributed by atoms with E-state index < -0.39 is 0 Å². The van der Waals surface area contributed by atoms with Crippen molar-refractivity contribution in [2.75, 3.05) is 0 Å². The minimum Gasteiger partial charge on any atom is -0.207 e. The molecule has 1 aromatic rings. The number of rotatable bonds is 2. The number of aryl methyl sites for hydroxylation is 1. The van der Waals surface area contributed by atoms with Gasteiger partial charge in [-0.3, -0.25) is 0 Å². The van der Waals surface area contributed by atoms with Gasteiger partial charge in [-0.2, -0.15) is 0 Å². The monoisotopic (exact) mass is 328 g/mol. The molecule has 4 rings (SSSR count). The van der Waals surface area contributed by atoms with E-state index in [0.717, 1.165) is 42.1 Å². The molecule has 0 nitrogen and oxygen atoms in total. The van der Waals surface area contributed by atoms with Gasteiger partial charge in [-0.1, -0.05) is 32.8 Å². The summed E-state index contributed by atoms with van der Waals surface area (Å²) in [6.45, 7) is 4.68. The summed E-state index contributed by atoms with van der Waals surface area (Å²) in [7, 11) is 0. The Labute approximate surface area is 147 Å². The number of benzene rings is 1. The lowest BCUT2D eigenvalue weighted by atomic mass is 9.64. The minimum absolute atomic E-state index is 0.0955. The van der Waals surface area contributed by atoms with E-state index >= 15 is 0 Å². The van der Waals surface area contributed by atoms with Crippen molar-refractivity contribution in [1.82, 2.24) is 0 Å². The van der Waals surface area contributed by atoms with Crippen molar-refractivity contribution < 1.29 is 4.39 Å². The zero-order valence-corrected chi connectivity index (χ0v) is 15.5. The molecule has 3 aliphatic rings. The molecule has 2 fully saturated rings. The summed E-state index contributed by atoms with van der Waals surface area (Å²) in [4.78, 5) is 0. The molecule has 0 spiro atoms.